The first-order chi connectivity index (χ1) is 9.40. The summed E-state index contributed by atoms with van der Waals surface area (Å²) >= 11 is -1.70. The maximum atomic E-state index is 2.56. The van der Waals surface area contributed by atoms with Gasteiger partial charge in [0.1, 0.15) is 0 Å². The fraction of sp³-hybridized carbons (Fsp3) is 0.556. The van der Waals surface area contributed by atoms with Crippen LogP contribution in [0.3, 0.4) is 0 Å². The molecule has 0 aromatic rings. The van der Waals surface area contributed by atoms with E-state index in [1.807, 2.05) is 0 Å². The van der Waals surface area contributed by atoms with E-state index in [-0.39, 0.29) is 9.41 Å². The van der Waals surface area contributed by atoms with Gasteiger partial charge in [0.25, 0.3) is 0 Å². The molecule has 0 heterocycles. The molecule has 2 atom stereocenters. The Kier molecular flexibility index (Phi) is 8.12. The summed E-state index contributed by atoms with van der Waals surface area (Å²) in [6.07, 6.45) is 14.5. The summed E-state index contributed by atoms with van der Waals surface area (Å²) < 4.78 is 0.896. The minimum atomic E-state index is -1.70. The molecule has 0 radical (unpaired) electrons. The summed E-state index contributed by atoms with van der Waals surface area (Å²) in [5.41, 5.74) is 3.28. The zero-order valence-electron chi connectivity index (χ0n) is 14.7. The minimum Gasteiger partial charge on any atom is -1.00 e. The van der Waals surface area contributed by atoms with Crippen LogP contribution >= 0.6 is 0 Å². The summed E-state index contributed by atoms with van der Waals surface area (Å²) in [5, 5.41) is 0. The molecule has 0 spiro atoms. The van der Waals surface area contributed by atoms with Gasteiger partial charge < -0.3 is 9.41 Å². The Hall–Kier alpha value is -0.0800. The largest absolute Gasteiger partial charge is 1.00 e. The van der Waals surface area contributed by atoms with Crippen molar-refractivity contribution >= 4 is 5.92 Å². The van der Waals surface area contributed by atoms with E-state index in [9.17, 15) is 0 Å². The summed E-state index contributed by atoms with van der Waals surface area (Å²) in [4.78, 5) is 0. The number of allylic oxidation sites excluding steroid dienone is 8. The van der Waals surface area contributed by atoms with Crippen molar-refractivity contribution in [1.82, 2.24) is 0 Å². The molecule has 0 nitrogen and oxygen atoms in total. The first kappa shape index (κ1) is 21.9. The normalized spacial score (nSPS) is 29.0. The standard InChI is InChI=1S/2C7H9.C4H11Si.2FH.Zr/c2*1-6-4-3-5-7(6)2;1-3-5-4-2;;;/h2*3-5H,1-2H3;5H,3-4H2,1-2H3;2*1H;/q;;;;;+2/p-2. The van der Waals surface area contributed by atoms with Crippen LogP contribution in [0.4, 0.5) is 0 Å². The van der Waals surface area contributed by atoms with Crippen molar-refractivity contribution < 1.29 is 30.3 Å². The van der Waals surface area contributed by atoms with Gasteiger partial charge in [-0.2, -0.15) is 0 Å². The van der Waals surface area contributed by atoms with Crippen molar-refractivity contribution in [2.45, 2.75) is 59.9 Å². The topological polar surface area (TPSA) is 0 Å². The fourth-order valence-electron chi connectivity index (χ4n) is 4.07. The second-order valence-electron chi connectivity index (χ2n) is 6.75. The first-order valence-electron chi connectivity index (χ1n) is 8.01. The second kappa shape index (κ2) is 8.15. The number of halogens is 2. The van der Waals surface area contributed by atoms with Crippen molar-refractivity contribution in [1.29, 1.82) is 0 Å². The third-order valence-corrected chi connectivity index (χ3v) is 35.9. The third-order valence-electron chi connectivity index (χ3n) is 5.70. The molecule has 0 bridgehead atoms. The van der Waals surface area contributed by atoms with Crippen molar-refractivity contribution in [2.24, 2.45) is 0 Å². The molecule has 0 saturated carbocycles. The predicted octanol–water partition coefficient (Wildman–Crippen LogP) is -0.234. The summed E-state index contributed by atoms with van der Waals surface area (Å²) in [5.74, 6) is -0.612. The van der Waals surface area contributed by atoms with Crippen molar-refractivity contribution in [3.63, 3.8) is 0 Å². The zero-order chi connectivity index (χ0) is 15.0. The maximum Gasteiger partial charge on any atom is -1.00 e. The molecule has 0 fully saturated rings. The summed E-state index contributed by atoms with van der Waals surface area (Å²) in [7, 11) is 0. The molecule has 123 valence electrons. The van der Waals surface area contributed by atoms with Gasteiger partial charge in [-0.3, -0.25) is 0 Å². The Morgan fingerprint density at radius 3 is 1.45 bits per heavy atom. The molecule has 0 aliphatic heterocycles. The van der Waals surface area contributed by atoms with Gasteiger partial charge in [0.05, 0.1) is 0 Å². The van der Waals surface area contributed by atoms with Gasteiger partial charge >= 0.3 is 134 Å². The van der Waals surface area contributed by atoms with Crippen LogP contribution in [0.2, 0.25) is 18.3 Å². The molecule has 2 aliphatic rings. The Labute approximate surface area is 143 Å². The number of hydrogen-bond donors (Lipinski definition) is 0. The van der Waals surface area contributed by atoms with E-state index >= 15 is 0 Å². The smallest absolute Gasteiger partial charge is 1.00 e. The van der Waals surface area contributed by atoms with Crippen molar-refractivity contribution in [2.75, 3.05) is 0 Å². The molecular formula is C18H29F2SiZr. The molecule has 4 heteroatoms. The van der Waals surface area contributed by atoms with Crippen LogP contribution in [-0.2, 0) is 20.9 Å². The van der Waals surface area contributed by atoms with Crippen LogP contribution < -0.4 is 9.41 Å². The monoisotopic (exact) mass is 401 g/mol. The Bertz CT molecular complexity index is 465. The predicted molar refractivity (Wildman–Crippen MR) is 90.6 cm³/mol. The Morgan fingerprint density at radius 2 is 1.23 bits per heavy atom. The maximum absolute atomic E-state index is 2.56. The molecule has 0 aromatic carbocycles. The fourth-order valence-corrected chi connectivity index (χ4v) is 36.0. The van der Waals surface area contributed by atoms with Gasteiger partial charge in [-0.05, 0) is 0 Å². The number of rotatable bonds is 5. The van der Waals surface area contributed by atoms with Gasteiger partial charge in [0.2, 0.25) is 0 Å². The Morgan fingerprint density at radius 1 is 0.864 bits per heavy atom. The summed E-state index contributed by atoms with van der Waals surface area (Å²) in [6, 6.07) is 2.97. The van der Waals surface area contributed by atoms with Crippen LogP contribution in [-0.4, -0.2) is 5.92 Å². The zero-order valence-corrected chi connectivity index (χ0v) is 18.3. The first-order valence-corrected chi connectivity index (χ1v) is 16.9. The van der Waals surface area contributed by atoms with E-state index in [1.54, 1.807) is 11.1 Å². The van der Waals surface area contributed by atoms with E-state index in [0.717, 1.165) is 0 Å². The second-order valence-corrected chi connectivity index (χ2v) is 26.4. The molecule has 0 N–H and O–H groups in total. The van der Waals surface area contributed by atoms with Gasteiger partial charge in [0, 0.05) is 0 Å². The van der Waals surface area contributed by atoms with Crippen LogP contribution in [0, 0.1) is 0 Å². The van der Waals surface area contributed by atoms with Crippen molar-refractivity contribution in [3.8, 4) is 0 Å². The van der Waals surface area contributed by atoms with E-state index < -0.39 is 26.8 Å². The number of hydrogen-bond acceptors (Lipinski definition) is 0. The Balaban J connectivity index is 0.00000220. The molecule has 2 unspecified atom stereocenters. The average molecular weight is 403 g/mol. The molecule has 22 heavy (non-hydrogen) atoms. The van der Waals surface area contributed by atoms with E-state index in [1.165, 1.54) is 12.1 Å². The average Bonchev–Trinajstić information content (AvgIpc) is 2.92. The van der Waals surface area contributed by atoms with Gasteiger partial charge in [-0.1, -0.05) is 0 Å². The van der Waals surface area contributed by atoms with Gasteiger partial charge in [0.15, 0.2) is 0 Å². The SMILES string of the molecule is CC[SiH](CC)[Zr+2]([C]1(C)C=CC=C1C)[C]1(C)C=CC=C1C.[F-].[F-]. The van der Waals surface area contributed by atoms with Crippen LogP contribution in [0.15, 0.2) is 47.6 Å². The van der Waals surface area contributed by atoms with Crippen molar-refractivity contribution in [3.05, 3.63) is 47.6 Å². The van der Waals surface area contributed by atoms with E-state index in [0.29, 0.717) is 6.25 Å². The quantitative estimate of drug-likeness (QED) is 0.557. The molecule has 2 aliphatic carbocycles. The van der Waals surface area contributed by atoms with Crippen LogP contribution in [0.25, 0.3) is 0 Å². The van der Waals surface area contributed by atoms with E-state index in [2.05, 4.69) is 78.0 Å². The minimum absolute atomic E-state index is 0. The van der Waals surface area contributed by atoms with E-state index in [4.69, 9.17) is 0 Å². The van der Waals surface area contributed by atoms with Gasteiger partial charge in [-0.25, -0.2) is 0 Å². The van der Waals surface area contributed by atoms with Crippen LogP contribution in [0.5, 0.6) is 0 Å². The molecule has 2 rings (SSSR count). The third kappa shape index (κ3) is 3.38. The van der Waals surface area contributed by atoms with Gasteiger partial charge in [-0.15, -0.1) is 0 Å². The van der Waals surface area contributed by atoms with Crippen LogP contribution in [0.1, 0.15) is 41.5 Å². The summed E-state index contributed by atoms with van der Waals surface area (Å²) in [6.45, 7) is 14.8. The molecular weight excluding hydrogens is 374 g/mol. The molecule has 0 aromatic heterocycles. The molecule has 0 saturated heterocycles. The molecule has 0 amide bonds.